The molecule has 6 nitrogen and oxygen atoms in total. The van der Waals surface area contributed by atoms with Crippen LogP contribution in [0.25, 0.3) is 0 Å². The maximum absolute atomic E-state index is 13.3. The van der Waals surface area contributed by atoms with Crippen molar-refractivity contribution in [3.8, 4) is 11.5 Å². The van der Waals surface area contributed by atoms with Gasteiger partial charge in [-0.05, 0) is 24.3 Å². The minimum absolute atomic E-state index is 0.0709. The van der Waals surface area contributed by atoms with E-state index in [1.807, 2.05) is 0 Å². The highest BCUT2D eigenvalue weighted by atomic mass is 32.2. The van der Waals surface area contributed by atoms with Gasteiger partial charge in [-0.1, -0.05) is 42.5 Å². The maximum Gasteiger partial charge on any atom is 0.214 e. The van der Waals surface area contributed by atoms with Gasteiger partial charge in [0.1, 0.15) is 4.91 Å². The van der Waals surface area contributed by atoms with E-state index in [-0.39, 0.29) is 9.80 Å². The number of hydrogen-bond acceptors (Lipinski definition) is 6. The van der Waals surface area contributed by atoms with Gasteiger partial charge in [-0.15, -0.1) is 0 Å². The Morgan fingerprint density at radius 2 is 1.50 bits per heavy atom. The molecule has 1 heterocycles. The summed E-state index contributed by atoms with van der Waals surface area (Å²) in [6.07, 6.45) is 1.37. The first-order valence-corrected chi connectivity index (χ1v) is 10.6. The zero-order valence-electron chi connectivity index (χ0n) is 16.4. The van der Waals surface area contributed by atoms with Crippen LogP contribution in [0.1, 0.15) is 10.4 Å². The maximum atomic E-state index is 13.3. The molecule has 152 valence electrons. The molecule has 30 heavy (non-hydrogen) atoms. The number of methoxy groups -OCH3 is 2. The lowest BCUT2D eigenvalue weighted by Crippen LogP contribution is -2.25. The number of Topliss-reactive ketones (excluding diaryl/α,β-unsaturated/α-hetero) is 1. The van der Waals surface area contributed by atoms with E-state index in [1.54, 1.807) is 71.6 Å². The summed E-state index contributed by atoms with van der Waals surface area (Å²) in [6, 6.07) is 20.2. The van der Waals surface area contributed by atoms with Crippen LogP contribution in [-0.4, -0.2) is 28.4 Å². The van der Waals surface area contributed by atoms with Crippen LogP contribution < -0.4 is 14.4 Å². The summed E-state index contributed by atoms with van der Waals surface area (Å²) in [5.74, 6) is 0.476. The first kappa shape index (κ1) is 19.7. The fraction of sp³-hybridized carbons (Fsp3) is 0.0870. The second-order valence-corrected chi connectivity index (χ2v) is 8.46. The zero-order valence-corrected chi connectivity index (χ0v) is 17.2. The number of carbonyl (C=O) groups excluding carboxylic acids is 1. The molecular weight excluding hydrogens is 402 g/mol. The molecule has 0 N–H and O–H groups in total. The monoisotopic (exact) mass is 421 g/mol. The number of para-hydroxylation sites is 1. The fourth-order valence-electron chi connectivity index (χ4n) is 3.36. The van der Waals surface area contributed by atoms with Crippen molar-refractivity contribution in [3.63, 3.8) is 0 Å². The zero-order chi connectivity index (χ0) is 21.3. The standard InChI is InChI=1S/C23H19NO5S/c1-28-19-13-12-17(14-20(19)29-2)24-15-22(23(25)16-8-4-3-5-9-16)30(26,27)21-11-7-6-10-18(21)24/h3-15H,1-2H3. The second kappa shape index (κ2) is 7.68. The van der Waals surface area contributed by atoms with Gasteiger partial charge in [-0.3, -0.25) is 4.79 Å². The Bertz CT molecular complexity index is 1250. The lowest BCUT2D eigenvalue weighted by Gasteiger charge is -2.29. The van der Waals surface area contributed by atoms with Crippen molar-refractivity contribution in [2.24, 2.45) is 0 Å². The first-order chi connectivity index (χ1) is 14.5. The van der Waals surface area contributed by atoms with E-state index < -0.39 is 15.6 Å². The Morgan fingerprint density at radius 1 is 0.833 bits per heavy atom. The van der Waals surface area contributed by atoms with E-state index in [1.165, 1.54) is 26.5 Å². The molecule has 0 unspecified atom stereocenters. The van der Waals surface area contributed by atoms with Gasteiger partial charge in [0.15, 0.2) is 11.5 Å². The predicted octanol–water partition coefficient (Wildman–Crippen LogP) is 4.35. The molecule has 0 saturated heterocycles. The van der Waals surface area contributed by atoms with Crippen LogP contribution >= 0.6 is 0 Å². The van der Waals surface area contributed by atoms with Gasteiger partial charge in [0.25, 0.3) is 0 Å². The van der Waals surface area contributed by atoms with Gasteiger partial charge in [-0.2, -0.15) is 0 Å². The van der Waals surface area contributed by atoms with Crippen molar-refractivity contribution in [3.05, 3.63) is 89.5 Å². The van der Waals surface area contributed by atoms with E-state index in [2.05, 4.69) is 0 Å². The Balaban J connectivity index is 1.92. The molecule has 1 aliphatic heterocycles. The van der Waals surface area contributed by atoms with E-state index in [4.69, 9.17) is 9.47 Å². The molecule has 0 radical (unpaired) electrons. The largest absolute Gasteiger partial charge is 0.493 e. The van der Waals surface area contributed by atoms with Crippen LogP contribution in [0, 0.1) is 0 Å². The molecule has 0 amide bonds. The molecule has 0 spiro atoms. The first-order valence-electron chi connectivity index (χ1n) is 9.14. The SMILES string of the molecule is COc1ccc(N2C=C(C(=O)c3ccccc3)S(=O)(=O)c3ccccc32)cc1OC. The number of anilines is 2. The number of carbonyl (C=O) groups is 1. The van der Waals surface area contributed by atoms with Crippen LogP contribution in [0.15, 0.2) is 88.8 Å². The number of sulfone groups is 1. The van der Waals surface area contributed by atoms with Crippen LogP contribution in [0.5, 0.6) is 11.5 Å². The summed E-state index contributed by atoms with van der Waals surface area (Å²) in [4.78, 5) is 14.6. The highest BCUT2D eigenvalue weighted by Gasteiger charge is 2.36. The summed E-state index contributed by atoms with van der Waals surface area (Å²) >= 11 is 0. The third-order valence-corrected chi connectivity index (χ3v) is 6.65. The molecule has 7 heteroatoms. The van der Waals surface area contributed by atoms with Gasteiger partial charge in [0.05, 0.1) is 24.8 Å². The smallest absolute Gasteiger partial charge is 0.214 e. The normalized spacial score (nSPS) is 14.5. The highest BCUT2D eigenvalue weighted by molar-refractivity contribution is 7.96. The van der Waals surface area contributed by atoms with Gasteiger partial charge >= 0.3 is 0 Å². The number of nitrogens with zero attached hydrogens (tertiary/aromatic N) is 1. The molecule has 0 aromatic heterocycles. The average molecular weight is 421 g/mol. The number of fused-ring (bicyclic) bond motifs is 1. The minimum Gasteiger partial charge on any atom is -0.493 e. The molecule has 4 rings (SSSR count). The van der Waals surface area contributed by atoms with Gasteiger partial charge in [-0.25, -0.2) is 8.42 Å². The second-order valence-electron chi connectivity index (χ2n) is 6.57. The Kier molecular flexibility index (Phi) is 5.05. The highest BCUT2D eigenvalue weighted by Crippen LogP contribution is 2.42. The Labute approximate surface area is 174 Å². The third-order valence-electron chi connectivity index (χ3n) is 4.86. The van der Waals surface area contributed by atoms with E-state index >= 15 is 0 Å². The molecule has 3 aromatic rings. The van der Waals surface area contributed by atoms with Crippen LogP contribution in [-0.2, 0) is 9.84 Å². The van der Waals surface area contributed by atoms with Crippen LogP contribution in [0.3, 0.4) is 0 Å². The molecular formula is C23H19NO5S. The predicted molar refractivity (Wildman–Crippen MR) is 114 cm³/mol. The number of rotatable bonds is 5. The summed E-state index contributed by atoms with van der Waals surface area (Å²) in [5.41, 5.74) is 1.39. The Morgan fingerprint density at radius 3 is 2.20 bits per heavy atom. The van der Waals surface area contributed by atoms with Crippen molar-refractivity contribution in [1.82, 2.24) is 0 Å². The van der Waals surface area contributed by atoms with Crippen molar-refractivity contribution in [2.75, 3.05) is 19.1 Å². The minimum atomic E-state index is -3.99. The summed E-state index contributed by atoms with van der Waals surface area (Å²) in [6.45, 7) is 0. The molecule has 1 aliphatic rings. The fourth-order valence-corrected chi connectivity index (χ4v) is 4.90. The van der Waals surface area contributed by atoms with Crippen molar-refractivity contribution in [1.29, 1.82) is 0 Å². The van der Waals surface area contributed by atoms with Gasteiger partial charge < -0.3 is 14.4 Å². The van der Waals surface area contributed by atoms with E-state index in [0.717, 1.165) is 0 Å². The van der Waals surface area contributed by atoms with E-state index in [9.17, 15) is 13.2 Å². The molecule has 0 aliphatic carbocycles. The number of allylic oxidation sites excluding steroid dienone is 1. The molecule has 0 bridgehead atoms. The Hall–Kier alpha value is -3.58. The summed E-state index contributed by atoms with van der Waals surface area (Å²) in [7, 11) is -0.923. The third kappa shape index (κ3) is 3.23. The van der Waals surface area contributed by atoms with Crippen LogP contribution in [0.4, 0.5) is 11.4 Å². The topological polar surface area (TPSA) is 72.9 Å². The molecule has 0 fully saturated rings. The van der Waals surface area contributed by atoms with Crippen molar-refractivity contribution >= 4 is 27.0 Å². The van der Waals surface area contributed by atoms with Gasteiger partial charge in [0.2, 0.25) is 15.6 Å². The number of benzene rings is 3. The lowest BCUT2D eigenvalue weighted by molar-refractivity contribution is 0.104. The van der Waals surface area contributed by atoms with Gasteiger partial charge in [0, 0.05) is 23.5 Å². The quantitative estimate of drug-likeness (QED) is 0.570. The average Bonchev–Trinajstić information content (AvgIpc) is 2.79. The number of ketones is 1. The number of ether oxygens (including phenoxy) is 2. The van der Waals surface area contributed by atoms with Crippen LogP contribution in [0.2, 0.25) is 0 Å². The molecule has 0 saturated carbocycles. The lowest BCUT2D eigenvalue weighted by atomic mass is 10.1. The molecule has 0 atom stereocenters. The van der Waals surface area contributed by atoms with Crippen molar-refractivity contribution < 1.29 is 22.7 Å². The number of hydrogen-bond donors (Lipinski definition) is 0. The molecule has 3 aromatic carbocycles. The summed E-state index contributed by atoms with van der Waals surface area (Å²) in [5, 5.41) is 0. The summed E-state index contributed by atoms with van der Waals surface area (Å²) < 4.78 is 37.2. The van der Waals surface area contributed by atoms with Crippen molar-refractivity contribution in [2.45, 2.75) is 4.90 Å². The van der Waals surface area contributed by atoms with E-state index in [0.29, 0.717) is 28.4 Å².